The van der Waals surface area contributed by atoms with Crippen molar-refractivity contribution >= 4 is 0 Å². The quantitative estimate of drug-likeness (QED) is 0.644. The topological polar surface area (TPSA) is 12.0 Å². The van der Waals surface area contributed by atoms with E-state index in [0.717, 1.165) is 11.8 Å². The van der Waals surface area contributed by atoms with Crippen LogP contribution in [-0.2, 0) is 0 Å². The largest absolute Gasteiger partial charge is 0.314 e. The van der Waals surface area contributed by atoms with Crippen molar-refractivity contribution < 1.29 is 0 Å². The first kappa shape index (κ1) is 15.0. The van der Waals surface area contributed by atoms with E-state index in [-0.39, 0.29) is 0 Å². The van der Waals surface area contributed by atoms with Gasteiger partial charge in [-0.3, -0.25) is 0 Å². The summed E-state index contributed by atoms with van der Waals surface area (Å²) < 4.78 is 0. The minimum atomic E-state index is 0.705. The van der Waals surface area contributed by atoms with E-state index in [4.69, 9.17) is 0 Å². The molecule has 0 saturated heterocycles. The van der Waals surface area contributed by atoms with Crippen LogP contribution in [0.2, 0.25) is 0 Å². The third kappa shape index (κ3) is 7.08. The summed E-state index contributed by atoms with van der Waals surface area (Å²) >= 11 is 0. The highest BCUT2D eigenvalue weighted by Gasteiger charge is 2.15. The van der Waals surface area contributed by atoms with Gasteiger partial charge in [-0.15, -0.1) is 0 Å². The number of nitrogens with one attached hydrogen (secondary N) is 1. The summed E-state index contributed by atoms with van der Waals surface area (Å²) in [5.41, 5.74) is 0. The van der Waals surface area contributed by atoms with E-state index in [1.165, 1.54) is 64.3 Å². The summed E-state index contributed by atoms with van der Waals surface area (Å²) in [6.45, 7) is 8.20. The van der Waals surface area contributed by atoms with Gasteiger partial charge in [0, 0.05) is 6.04 Å². The van der Waals surface area contributed by atoms with Crippen LogP contribution < -0.4 is 5.32 Å². The average molecular weight is 239 g/mol. The summed E-state index contributed by atoms with van der Waals surface area (Å²) in [5, 5.41) is 3.60. The summed E-state index contributed by atoms with van der Waals surface area (Å²) in [5.74, 6) is 1.96. The maximum Gasteiger partial charge on any atom is 0.00412 e. The van der Waals surface area contributed by atoms with Crippen LogP contribution >= 0.6 is 0 Å². The zero-order chi connectivity index (χ0) is 12.5. The van der Waals surface area contributed by atoms with Gasteiger partial charge in [-0.05, 0) is 38.1 Å². The molecule has 102 valence electrons. The molecule has 0 aliphatic heterocycles. The van der Waals surface area contributed by atoms with Gasteiger partial charge in [0.05, 0.1) is 0 Å². The molecule has 0 heterocycles. The molecule has 0 bridgehead atoms. The first-order valence-electron chi connectivity index (χ1n) is 7.95. The van der Waals surface area contributed by atoms with E-state index in [2.05, 4.69) is 26.1 Å². The second-order valence-corrected chi connectivity index (χ2v) is 6.28. The Bertz CT molecular complexity index is 172. The Morgan fingerprint density at radius 3 is 2.47 bits per heavy atom. The Balaban J connectivity index is 2.05. The fourth-order valence-electron chi connectivity index (χ4n) is 3.19. The second-order valence-electron chi connectivity index (χ2n) is 6.28. The molecule has 0 aromatic rings. The van der Waals surface area contributed by atoms with Gasteiger partial charge in [0.15, 0.2) is 0 Å². The highest BCUT2D eigenvalue weighted by Crippen LogP contribution is 2.29. The van der Waals surface area contributed by atoms with Crippen LogP contribution in [0.15, 0.2) is 0 Å². The standard InChI is InChI=1S/C16H33N/c1-4-12-17-15(3)13-14(2)10-11-16-8-6-5-7-9-16/h14-17H,4-13H2,1-3H3. The van der Waals surface area contributed by atoms with Gasteiger partial charge in [-0.1, -0.05) is 58.8 Å². The van der Waals surface area contributed by atoms with Crippen LogP contribution in [-0.4, -0.2) is 12.6 Å². The third-order valence-electron chi connectivity index (χ3n) is 4.29. The maximum atomic E-state index is 3.60. The molecule has 1 nitrogen and oxygen atoms in total. The van der Waals surface area contributed by atoms with Crippen LogP contribution in [0.1, 0.15) is 78.6 Å². The lowest BCUT2D eigenvalue weighted by atomic mass is 9.83. The number of hydrogen-bond donors (Lipinski definition) is 1. The van der Waals surface area contributed by atoms with Gasteiger partial charge in [-0.25, -0.2) is 0 Å². The molecule has 0 amide bonds. The van der Waals surface area contributed by atoms with Gasteiger partial charge >= 0.3 is 0 Å². The molecule has 1 N–H and O–H groups in total. The van der Waals surface area contributed by atoms with Crippen LogP contribution in [0.25, 0.3) is 0 Å². The predicted octanol–water partition coefficient (Wildman–Crippen LogP) is 4.76. The van der Waals surface area contributed by atoms with Crippen LogP contribution in [0.5, 0.6) is 0 Å². The van der Waals surface area contributed by atoms with Gasteiger partial charge in [-0.2, -0.15) is 0 Å². The third-order valence-corrected chi connectivity index (χ3v) is 4.29. The zero-order valence-corrected chi connectivity index (χ0v) is 12.3. The molecule has 1 aliphatic carbocycles. The average Bonchev–Trinajstić information content (AvgIpc) is 2.35. The molecule has 1 fully saturated rings. The highest BCUT2D eigenvalue weighted by molar-refractivity contribution is 4.70. The van der Waals surface area contributed by atoms with Gasteiger partial charge in [0.2, 0.25) is 0 Å². The van der Waals surface area contributed by atoms with Gasteiger partial charge in [0.1, 0.15) is 0 Å². The molecule has 1 rings (SSSR count). The Kier molecular flexibility index (Phi) is 7.92. The molecule has 17 heavy (non-hydrogen) atoms. The molecule has 0 aromatic heterocycles. The monoisotopic (exact) mass is 239 g/mol. The fraction of sp³-hybridized carbons (Fsp3) is 1.00. The van der Waals surface area contributed by atoms with Crippen molar-refractivity contribution in [3.63, 3.8) is 0 Å². The fourth-order valence-corrected chi connectivity index (χ4v) is 3.19. The van der Waals surface area contributed by atoms with E-state index < -0.39 is 0 Å². The minimum Gasteiger partial charge on any atom is -0.314 e. The van der Waals surface area contributed by atoms with E-state index in [9.17, 15) is 0 Å². The Hall–Kier alpha value is -0.0400. The van der Waals surface area contributed by atoms with E-state index >= 15 is 0 Å². The highest BCUT2D eigenvalue weighted by atomic mass is 14.9. The Labute approximate surface area is 109 Å². The Morgan fingerprint density at radius 2 is 1.82 bits per heavy atom. The van der Waals surface area contributed by atoms with E-state index in [1.54, 1.807) is 0 Å². The van der Waals surface area contributed by atoms with Crippen molar-refractivity contribution in [2.45, 2.75) is 84.6 Å². The summed E-state index contributed by atoms with van der Waals surface area (Å²) in [7, 11) is 0. The molecule has 1 aliphatic rings. The number of rotatable bonds is 8. The lowest BCUT2D eigenvalue weighted by molar-refractivity contribution is 0.299. The SMILES string of the molecule is CCCNC(C)CC(C)CCC1CCCCC1. The first-order chi connectivity index (χ1) is 8.22. The molecule has 0 aromatic carbocycles. The lowest BCUT2D eigenvalue weighted by Crippen LogP contribution is -2.28. The van der Waals surface area contributed by atoms with Crippen molar-refractivity contribution in [1.82, 2.24) is 5.32 Å². The normalized spacial score (nSPS) is 21.4. The van der Waals surface area contributed by atoms with Crippen molar-refractivity contribution in [2.24, 2.45) is 11.8 Å². The van der Waals surface area contributed by atoms with E-state index in [0.29, 0.717) is 6.04 Å². The predicted molar refractivity (Wildman–Crippen MR) is 77.3 cm³/mol. The van der Waals surface area contributed by atoms with Gasteiger partial charge < -0.3 is 5.32 Å². The molecule has 2 unspecified atom stereocenters. The molecule has 1 heteroatoms. The Morgan fingerprint density at radius 1 is 1.12 bits per heavy atom. The second kappa shape index (κ2) is 8.97. The summed E-state index contributed by atoms with van der Waals surface area (Å²) in [4.78, 5) is 0. The summed E-state index contributed by atoms with van der Waals surface area (Å²) in [6, 6.07) is 0.705. The lowest BCUT2D eigenvalue weighted by Gasteiger charge is -2.24. The smallest absolute Gasteiger partial charge is 0.00412 e. The molecule has 1 saturated carbocycles. The van der Waals surface area contributed by atoms with Crippen LogP contribution in [0, 0.1) is 11.8 Å². The first-order valence-corrected chi connectivity index (χ1v) is 7.95. The number of hydrogen-bond acceptors (Lipinski definition) is 1. The van der Waals surface area contributed by atoms with Crippen molar-refractivity contribution in [3.05, 3.63) is 0 Å². The van der Waals surface area contributed by atoms with Gasteiger partial charge in [0.25, 0.3) is 0 Å². The van der Waals surface area contributed by atoms with Crippen molar-refractivity contribution in [2.75, 3.05) is 6.54 Å². The molecule has 0 radical (unpaired) electrons. The van der Waals surface area contributed by atoms with Crippen LogP contribution in [0.3, 0.4) is 0 Å². The molecule has 0 spiro atoms. The molecule has 2 atom stereocenters. The molecular formula is C16H33N. The minimum absolute atomic E-state index is 0.705. The molecular weight excluding hydrogens is 206 g/mol. The van der Waals surface area contributed by atoms with Crippen molar-refractivity contribution in [1.29, 1.82) is 0 Å². The van der Waals surface area contributed by atoms with Crippen LogP contribution in [0.4, 0.5) is 0 Å². The van der Waals surface area contributed by atoms with Crippen molar-refractivity contribution in [3.8, 4) is 0 Å². The van der Waals surface area contributed by atoms with E-state index in [1.807, 2.05) is 0 Å². The zero-order valence-electron chi connectivity index (χ0n) is 12.3. The maximum absolute atomic E-state index is 3.60. The summed E-state index contributed by atoms with van der Waals surface area (Å²) in [6.07, 6.45) is 13.0.